The van der Waals surface area contributed by atoms with E-state index in [1.165, 1.54) is 19.3 Å². The summed E-state index contributed by atoms with van der Waals surface area (Å²) >= 11 is 0. The fourth-order valence-electron chi connectivity index (χ4n) is 4.18. The van der Waals surface area contributed by atoms with Crippen LogP contribution >= 0.6 is 0 Å². The molecule has 3 aliphatic rings. The van der Waals surface area contributed by atoms with Crippen LogP contribution in [0.5, 0.6) is 0 Å². The highest BCUT2D eigenvalue weighted by Crippen LogP contribution is 2.23. The summed E-state index contributed by atoms with van der Waals surface area (Å²) in [6.07, 6.45) is 6.26. The van der Waals surface area contributed by atoms with Crippen LogP contribution in [0.1, 0.15) is 25.7 Å². The Morgan fingerprint density at radius 3 is 2.28 bits per heavy atom. The van der Waals surface area contributed by atoms with Crippen LogP contribution in [0.4, 0.5) is 11.6 Å². The molecule has 2 atom stereocenters. The van der Waals surface area contributed by atoms with Crippen LogP contribution in [-0.4, -0.2) is 84.6 Å². The summed E-state index contributed by atoms with van der Waals surface area (Å²) in [6, 6.07) is 2.29. The number of nitrogens with zero attached hydrogens (tertiary/aromatic N) is 5. The van der Waals surface area contributed by atoms with Gasteiger partial charge in [0.15, 0.2) is 0 Å². The second-order valence-electron chi connectivity index (χ2n) is 7.33. The summed E-state index contributed by atoms with van der Waals surface area (Å²) in [6.45, 7) is 7.19. The minimum Gasteiger partial charge on any atom is -0.389 e. The van der Waals surface area contributed by atoms with Crippen LogP contribution in [0, 0.1) is 0 Å². The first-order chi connectivity index (χ1) is 12.3. The monoisotopic (exact) mass is 347 g/mol. The Morgan fingerprint density at radius 1 is 0.840 bits per heavy atom. The molecular formula is C18H29N5O2. The first-order valence-corrected chi connectivity index (χ1v) is 9.63. The summed E-state index contributed by atoms with van der Waals surface area (Å²) in [5.41, 5.74) is 0. The summed E-state index contributed by atoms with van der Waals surface area (Å²) in [5.74, 6) is 2.09. The van der Waals surface area contributed by atoms with E-state index in [1.54, 1.807) is 6.33 Å². The fraction of sp³-hybridized carbons (Fsp3) is 0.778. The maximum atomic E-state index is 10.1. The van der Waals surface area contributed by atoms with E-state index in [2.05, 4.69) is 30.7 Å². The van der Waals surface area contributed by atoms with Gasteiger partial charge in [-0.25, -0.2) is 9.97 Å². The molecule has 4 heterocycles. The van der Waals surface area contributed by atoms with Crippen molar-refractivity contribution in [1.82, 2.24) is 14.9 Å². The number of piperidine rings is 1. The van der Waals surface area contributed by atoms with Crippen molar-refractivity contribution < 1.29 is 9.84 Å². The molecule has 0 amide bonds. The van der Waals surface area contributed by atoms with Gasteiger partial charge in [-0.1, -0.05) is 0 Å². The Bertz CT molecular complexity index is 566. The number of aliphatic hydroxyl groups is 1. The highest BCUT2D eigenvalue weighted by Gasteiger charge is 2.32. The zero-order chi connectivity index (χ0) is 17.1. The molecule has 0 bridgehead atoms. The average Bonchev–Trinajstić information content (AvgIpc) is 2.94. The van der Waals surface area contributed by atoms with Gasteiger partial charge in [-0.3, -0.25) is 4.90 Å². The molecule has 138 valence electrons. The number of hydrogen-bond donors (Lipinski definition) is 1. The highest BCUT2D eigenvalue weighted by molar-refractivity contribution is 5.50. The van der Waals surface area contributed by atoms with E-state index in [-0.39, 0.29) is 12.1 Å². The smallest absolute Gasteiger partial charge is 0.134 e. The topological polar surface area (TPSA) is 65.0 Å². The Balaban J connectivity index is 1.41. The molecule has 0 unspecified atom stereocenters. The van der Waals surface area contributed by atoms with Gasteiger partial charge in [0.05, 0.1) is 25.4 Å². The van der Waals surface area contributed by atoms with Gasteiger partial charge in [-0.2, -0.15) is 0 Å². The zero-order valence-electron chi connectivity index (χ0n) is 14.9. The van der Waals surface area contributed by atoms with E-state index in [1.807, 2.05) is 0 Å². The van der Waals surface area contributed by atoms with Gasteiger partial charge in [0.1, 0.15) is 18.0 Å². The molecule has 3 fully saturated rings. The molecular weight excluding hydrogens is 318 g/mol. The number of anilines is 2. The quantitative estimate of drug-likeness (QED) is 0.865. The van der Waals surface area contributed by atoms with Crippen molar-refractivity contribution in [2.45, 2.75) is 37.8 Å². The molecule has 7 heteroatoms. The molecule has 0 aliphatic carbocycles. The van der Waals surface area contributed by atoms with Crippen LogP contribution in [0.3, 0.4) is 0 Å². The van der Waals surface area contributed by atoms with Gasteiger partial charge in [0.25, 0.3) is 0 Å². The molecule has 3 aliphatic heterocycles. The van der Waals surface area contributed by atoms with Crippen molar-refractivity contribution in [3.63, 3.8) is 0 Å². The van der Waals surface area contributed by atoms with Gasteiger partial charge < -0.3 is 19.6 Å². The van der Waals surface area contributed by atoms with Crippen LogP contribution in [0.25, 0.3) is 0 Å². The van der Waals surface area contributed by atoms with E-state index in [9.17, 15) is 5.11 Å². The third-order valence-corrected chi connectivity index (χ3v) is 5.66. The summed E-state index contributed by atoms with van der Waals surface area (Å²) in [4.78, 5) is 16.1. The maximum absolute atomic E-state index is 10.1. The van der Waals surface area contributed by atoms with Crippen molar-refractivity contribution in [2.24, 2.45) is 0 Å². The predicted molar refractivity (Wildman–Crippen MR) is 97.1 cm³/mol. The molecule has 1 aromatic heterocycles. The average molecular weight is 347 g/mol. The summed E-state index contributed by atoms with van der Waals surface area (Å²) in [5, 5.41) is 10.1. The molecule has 4 rings (SSSR count). The molecule has 0 aromatic carbocycles. The van der Waals surface area contributed by atoms with Crippen molar-refractivity contribution in [3.8, 4) is 0 Å². The lowest BCUT2D eigenvalue weighted by molar-refractivity contribution is 0.0859. The van der Waals surface area contributed by atoms with Gasteiger partial charge >= 0.3 is 0 Å². The molecule has 25 heavy (non-hydrogen) atoms. The van der Waals surface area contributed by atoms with Crippen LogP contribution in [-0.2, 0) is 4.74 Å². The Hall–Kier alpha value is -1.44. The van der Waals surface area contributed by atoms with Crippen molar-refractivity contribution in [1.29, 1.82) is 0 Å². The normalized spacial score (nSPS) is 29.0. The van der Waals surface area contributed by atoms with E-state index < -0.39 is 0 Å². The van der Waals surface area contributed by atoms with Gasteiger partial charge in [-0.05, 0) is 25.7 Å². The van der Waals surface area contributed by atoms with E-state index in [0.29, 0.717) is 13.2 Å². The third kappa shape index (κ3) is 3.88. The second-order valence-corrected chi connectivity index (χ2v) is 7.33. The molecule has 1 N–H and O–H groups in total. The molecule has 1 aromatic rings. The minimum atomic E-state index is -0.351. The lowest BCUT2D eigenvalue weighted by Gasteiger charge is -2.29. The van der Waals surface area contributed by atoms with Crippen molar-refractivity contribution >= 4 is 11.6 Å². The standard InChI is InChI=1S/C18H29N5O2/c24-16-13-25-12-15(16)21-7-4-8-23(10-9-21)18-11-17(19-14-20-18)22-5-2-1-3-6-22/h11,14-16,24H,1-10,12-13H2/t15-,16-/m0/s1. The molecule has 7 nitrogen and oxygen atoms in total. The van der Waals surface area contributed by atoms with Crippen LogP contribution < -0.4 is 9.80 Å². The lowest BCUT2D eigenvalue weighted by atomic mass is 10.1. The number of aliphatic hydroxyl groups excluding tert-OH is 1. The second kappa shape index (κ2) is 7.85. The lowest BCUT2D eigenvalue weighted by Crippen LogP contribution is -2.44. The van der Waals surface area contributed by atoms with Crippen molar-refractivity contribution in [3.05, 3.63) is 12.4 Å². The van der Waals surface area contributed by atoms with Gasteiger partial charge in [-0.15, -0.1) is 0 Å². The summed E-state index contributed by atoms with van der Waals surface area (Å²) in [7, 11) is 0. The fourth-order valence-corrected chi connectivity index (χ4v) is 4.18. The van der Waals surface area contributed by atoms with Gasteiger partial charge in [0.2, 0.25) is 0 Å². The molecule has 0 radical (unpaired) electrons. The molecule has 3 saturated heterocycles. The van der Waals surface area contributed by atoms with Gasteiger partial charge in [0, 0.05) is 45.3 Å². The first kappa shape index (κ1) is 17.0. The zero-order valence-corrected chi connectivity index (χ0v) is 14.9. The predicted octanol–water partition coefficient (Wildman–Crippen LogP) is 0.739. The number of aromatic nitrogens is 2. The Labute approximate surface area is 149 Å². The Kier molecular flexibility index (Phi) is 5.33. The highest BCUT2D eigenvalue weighted by atomic mass is 16.5. The number of hydrogen-bond acceptors (Lipinski definition) is 7. The number of rotatable bonds is 3. The number of ether oxygens (including phenoxy) is 1. The van der Waals surface area contributed by atoms with Crippen molar-refractivity contribution in [2.75, 3.05) is 62.3 Å². The largest absolute Gasteiger partial charge is 0.389 e. The van der Waals surface area contributed by atoms with E-state index >= 15 is 0 Å². The molecule has 0 spiro atoms. The minimum absolute atomic E-state index is 0.147. The van der Waals surface area contributed by atoms with Crippen LogP contribution in [0.2, 0.25) is 0 Å². The Morgan fingerprint density at radius 2 is 1.56 bits per heavy atom. The first-order valence-electron chi connectivity index (χ1n) is 9.63. The van der Waals surface area contributed by atoms with E-state index in [0.717, 1.165) is 57.3 Å². The van der Waals surface area contributed by atoms with E-state index in [4.69, 9.17) is 4.74 Å². The van der Waals surface area contributed by atoms with Crippen LogP contribution in [0.15, 0.2) is 12.4 Å². The SMILES string of the molecule is O[C@H]1COC[C@@H]1N1CCCN(c2cc(N3CCCCC3)ncn2)CC1. The molecule has 0 saturated carbocycles. The summed E-state index contributed by atoms with van der Waals surface area (Å²) < 4.78 is 5.43. The maximum Gasteiger partial charge on any atom is 0.134 e. The third-order valence-electron chi connectivity index (χ3n) is 5.66.